The van der Waals surface area contributed by atoms with E-state index in [0.29, 0.717) is 17.4 Å². The highest BCUT2D eigenvalue weighted by Gasteiger charge is 2.27. The summed E-state index contributed by atoms with van der Waals surface area (Å²) in [6.07, 6.45) is 2.89. The topological polar surface area (TPSA) is 58.2 Å². The summed E-state index contributed by atoms with van der Waals surface area (Å²) >= 11 is 1.45. The largest absolute Gasteiger partial charge is 0.315 e. The Hall–Kier alpha value is -0.560. The van der Waals surface area contributed by atoms with Gasteiger partial charge in [-0.2, -0.15) is 0 Å². The van der Waals surface area contributed by atoms with Gasteiger partial charge in [-0.05, 0) is 37.3 Å². The second-order valence-corrected chi connectivity index (χ2v) is 7.38. The lowest BCUT2D eigenvalue weighted by molar-refractivity contribution is 0.327. The molecule has 1 fully saturated rings. The molecular weight excluding hydrogens is 280 g/mol. The van der Waals surface area contributed by atoms with E-state index in [9.17, 15) is 8.42 Å². The number of sulfonamides is 1. The number of nitrogens with one attached hydrogen (secondary N) is 2. The smallest absolute Gasteiger partial charge is 0.241 e. The van der Waals surface area contributed by atoms with E-state index < -0.39 is 10.0 Å². The van der Waals surface area contributed by atoms with Crippen LogP contribution in [0.2, 0.25) is 0 Å². The summed E-state index contributed by atoms with van der Waals surface area (Å²) in [6, 6.07) is 7.08. The van der Waals surface area contributed by atoms with Crippen molar-refractivity contribution < 1.29 is 8.42 Å². The fourth-order valence-electron chi connectivity index (χ4n) is 2.25. The van der Waals surface area contributed by atoms with E-state index in [-0.39, 0.29) is 6.04 Å². The highest BCUT2D eigenvalue weighted by Crippen LogP contribution is 2.25. The standard InChI is InChI=1S/C13H20N2O2S2/c1-10-7-8-14-9-11(10)15-19(16,17)13-6-4-3-5-12(13)18-2/h3-6,10-11,14-15H,7-9H2,1-2H3. The van der Waals surface area contributed by atoms with Gasteiger partial charge in [0.25, 0.3) is 0 Å². The zero-order chi connectivity index (χ0) is 13.9. The van der Waals surface area contributed by atoms with E-state index in [2.05, 4.69) is 17.0 Å². The Labute approximate surface area is 119 Å². The zero-order valence-corrected chi connectivity index (χ0v) is 12.9. The van der Waals surface area contributed by atoms with Crippen LogP contribution in [0.4, 0.5) is 0 Å². The fourth-order valence-corrected chi connectivity index (χ4v) is 4.75. The lowest BCUT2D eigenvalue weighted by Crippen LogP contribution is -2.50. The summed E-state index contributed by atoms with van der Waals surface area (Å²) in [5, 5.41) is 3.24. The molecule has 2 atom stereocenters. The van der Waals surface area contributed by atoms with Gasteiger partial charge in [0.05, 0.1) is 4.90 Å². The van der Waals surface area contributed by atoms with Gasteiger partial charge in [-0.25, -0.2) is 13.1 Å². The fraction of sp³-hybridized carbons (Fsp3) is 0.538. The second kappa shape index (κ2) is 6.26. The first-order valence-corrected chi connectivity index (χ1v) is 9.11. The normalized spacial score (nSPS) is 24.3. The van der Waals surface area contributed by atoms with Gasteiger partial charge in [0.2, 0.25) is 10.0 Å². The molecule has 2 unspecified atom stereocenters. The molecule has 2 N–H and O–H groups in total. The van der Waals surface area contributed by atoms with Gasteiger partial charge < -0.3 is 5.32 Å². The molecule has 0 aromatic heterocycles. The highest BCUT2D eigenvalue weighted by molar-refractivity contribution is 7.99. The van der Waals surface area contributed by atoms with Crippen molar-refractivity contribution >= 4 is 21.8 Å². The second-order valence-electron chi connectivity index (χ2n) is 4.85. The summed E-state index contributed by atoms with van der Waals surface area (Å²) in [5.74, 6) is 0.359. The van der Waals surface area contributed by atoms with E-state index >= 15 is 0 Å². The highest BCUT2D eigenvalue weighted by atomic mass is 32.2. The molecule has 106 valence electrons. The maximum Gasteiger partial charge on any atom is 0.241 e. The van der Waals surface area contributed by atoms with Gasteiger partial charge in [0.1, 0.15) is 0 Å². The molecular formula is C13H20N2O2S2. The number of benzene rings is 1. The van der Waals surface area contributed by atoms with E-state index in [1.54, 1.807) is 12.1 Å². The van der Waals surface area contributed by atoms with Crippen molar-refractivity contribution in [3.8, 4) is 0 Å². The van der Waals surface area contributed by atoms with E-state index in [4.69, 9.17) is 0 Å². The third kappa shape index (κ3) is 3.51. The summed E-state index contributed by atoms with van der Waals surface area (Å²) in [7, 11) is -3.45. The first-order valence-electron chi connectivity index (χ1n) is 6.40. The SMILES string of the molecule is CSc1ccccc1S(=O)(=O)NC1CNCCC1C. The molecule has 1 aromatic rings. The van der Waals surface area contributed by atoms with Crippen LogP contribution in [0.3, 0.4) is 0 Å². The summed E-state index contributed by atoms with van der Waals surface area (Å²) < 4.78 is 27.8. The average molecular weight is 300 g/mol. The molecule has 1 aromatic carbocycles. The summed E-state index contributed by atoms with van der Waals surface area (Å²) in [5.41, 5.74) is 0. The van der Waals surface area contributed by atoms with Crippen LogP contribution in [0, 0.1) is 5.92 Å². The first-order chi connectivity index (χ1) is 9.04. The molecule has 1 heterocycles. The number of piperidine rings is 1. The molecule has 0 bridgehead atoms. The number of thioether (sulfide) groups is 1. The van der Waals surface area contributed by atoms with E-state index in [0.717, 1.165) is 17.9 Å². The maximum atomic E-state index is 12.5. The van der Waals surface area contributed by atoms with E-state index in [1.807, 2.05) is 18.4 Å². The van der Waals surface area contributed by atoms with E-state index in [1.165, 1.54) is 11.8 Å². The van der Waals surface area contributed by atoms with Crippen LogP contribution >= 0.6 is 11.8 Å². The van der Waals surface area contributed by atoms with Crippen molar-refractivity contribution in [3.05, 3.63) is 24.3 Å². The van der Waals surface area contributed by atoms with Crippen LogP contribution < -0.4 is 10.0 Å². The molecule has 0 amide bonds. The predicted molar refractivity (Wildman–Crippen MR) is 79.0 cm³/mol. The summed E-state index contributed by atoms with van der Waals surface area (Å²) in [4.78, 5) is 1.16. The minimum absolute atomic E-state index is 0.0336. The minimum Gasteiger partial charge on any atom is -0.315 e. The third-order valence-electron chi connectivity index (χ3n) is 3.49. The van der Waals surface area contributed by atoms with Crippen molar-refractivity contribution in [1.29, 1.82) is 0 Å². The van der Waals surface area contributed by atoms with Gasteiger partial charge in [-0.3, -0.25) is 0 Å². The van der Waals surface area contributed by atoms with Crippen molar-refractivity contribution in [2.24, 2.45) is 5.92 Å². The third-order valence-corrected chi connectivity index (χ3v) is 5.97. The molecule has 0 aliphatic carbocycles. The Morgan fingerprint density at radius 1 is 1.37 bits per heavy atom. The van der Waals surface area contributed by atoms with Crippen LogP contribution in [0.25, 0.3) is 0 Å². The molecule has 2 rings (SSSR count). The lowest BCUT2D eigenvalue weighted by atomic mass is 9.96. The van der Waals surface area contributed by atoms with Crippen molar-refractivity contribution in [1.82, 2.24) is 10.0 Å². The molecule has 1 saturated heterocycles. The van der Waals surface area contributed by atoms with Gasteiger partial charge in [-0.15, -0.1) is 11.8 Å². The Morgan fingerprint density at radius 3 is 2.79 bits per heavy atom. The quantitative estimate of drug-likeness (QED) is 0.831. The van der Waals surface area contributed by atoms with Crippen LogP contribution in [0.15, 0.2) is 34.1 Å². The van der Waals surface area contributed by atoms with Crippen molar-refractivity contribution in [2.75, 3.05) is 19.3 Å². The van der Waals surface area contributed by atoms with Crippen LogP contribution in [0.5, 0.6) is 0 Å². The van der Waals surface area contributed by atoms with Gasteiger partial charge in [-0.1, -0.05) is 19.1 Å². The van der Waals surface area contributed by atoms with Crippen molar-refractivity contribution in [2.45, 2.75) is 29.2 Å². The maximum absolute atomic E-state index is 12.5. The lowest BCUT2D eigenvalue weighted by Gasteiger charge is -2.30. The predicted octanol–water partition coefficient (Wildman–Crippen LogP) is 1.68. The molecule has 0 spiro atoms. The Kier molecular flexibility index (Phi) is 4.89. The molecule has 4 nitrogen and oxygen atoms in total. The van der Waals surface area contributed by atoms with Gasteiger partial charge in [0, 0.05) is 17.5 Å². The molecule has 0 radical (unpaired) electrons. The molecule has 0 saturated carbocycles. The zero-order valence-electron chi connectivity index (χ0n) is 11.2. The number of rotatable bonds is 4. The van der Waals surface area contributed by atoms with Crippen LogP contribution in [-0.4, -0.2) is 33.8 Å². The summed E-state index contributed by atoms with van der Waals surface area (Å²) in [6.45, 7) is 3.75. The minimum atomic E-state index is -3.45. The number of hydrogen-bond donors (Lipinski definition) is 2. The Morgan fingerprint density at radius 2 is 2.11 bits per heavy atom. The van der Waals surface area contributed by atoms with Crippen LogP contribution in [0.1, 0.15) is 13.3 Å². The molecule has 1 aliphatic rings. The van der Waals surface area contributed by atoms with Gasteiger partial charge in [0.15, 0.2) is 0 Å². The first kappa shape index (κ1) is 14.8. The molecule has 1 aliphatic heterocycles. The Bertz CT molecular complexity index is 531. The molecule has 6 heteroatoms. The van der Waals surface area contributed by atoms with Gasteiger partial charge >= 0.3 is 0 Å². The monoisotopic (exact) mass is 300 g/mol. The van der Waals surface area contributed by atoms with Crippen molar-refractivity contribution in [3.63, 3.8) is 0 Å². The molecule has 19 heavy (non-hydrogen) atoms. The van der Waals surface area contributed by atoms with Crippen LogP contribution in [-0.2, 0) is 10.0 Å². The average Bonchev–Trinajstić information content (AvgIpc) is 2.41. The Balaban J connectivity index is 2.22. The number of hydrogen-bond acceptors (Lipinski definition) is 4.